The molecule has 5 nitrogen and oxygen atoms in total. The molecular formula is C14H27N3O2. The number of ether oxygens (including phenoxy) is 1. The minimum absolute atomic E-state index is 0.0807. The molecule has 0 aromatic rings. The maximum Gasteiger partial charge on any atom is 0.239 e. The molecule has 0 radical (unpaired) electrons. The molecule has 0 aromatic heterocycles. The molecule has 1 N–H and O–H groups in total. The largest absolute Gasteiger partial charge is 0.378 e. The van der Waals surface area contributed by atoms with Gasteiger partial charge in [-0.05, 0) is 32.9 Å². The average molecular weight is 269 g/mol. The van der Waals surface area contributed by atoms with Gasteiger partial charge in [-0.1, -0.05) is 6.42 Å². The second-order valence-electron chi connectivity index (χ2n) is 5.52. The van der Waals surface area contributed by atoms with E-state index in [0.717, 1.165) is 26.2 Å². The zero-order valence-electron chi connectivity index (χ0n) is 12.1. The Labute approximate surface area is 116 Å². The third kappa shape index (κ3) is 4.75. The highest BCUT2D eigenvalue weighted by Crippen LogP contribution is 2.07. The van der Waals surface area contributed by atoms with Crippen LogP contribution in [0.4, 0.5) is 0 Å². The Morgan fingerprint density at radius 2 is 1.84 bits per heavy atom. The summed E-state index contributed by atoms with van der Waals surface area (Å²) in [5.41, 5.74) is 0. The van der Waals surface area contributed by atoms with Crippen LogP contribution in [0, 0.1) is 0 Å². The van der Waals surface area contributed by atoms with Crippen LogP contribution in [0.5, 0.6) is 0 Å². The van der Waals surface area contributed by atoms with Crippen molar-refractivity contribution in [3.63, 3.8) is 0 Å². The summed E-state index contributed by atoms with van der Waals surface area (Å²) in [7, 11) is 0. The predicted octanol–water partition coefficient (Wildman–Crippen LogP) is 0.309. The van der Waals surface area contributed by atoms with Crippen molar-refractivity contribution in [2.75, 3.05) is 52.5 Å². The van der Waals surface area contributed by atoms with Crippen LogP contribution in [0.3, 0.4) is 0 Å². The highest BCUT2D eigenvalue weighted by atomic mass is 16.5. The minimum Gasteiger partial charge on any atom is -0.378 e. The molecule has 0 spiro atoms. The molecule has 19 heavy (non-hydrogen) atoms. The molecule has 2 heterocycles. The fourth-order valence-corrected chi connectivity index (χ4v) is 2.77. The highest BCUT2D eigenvalue weighted by Gasteiger charge is 2.22. The SMILES string of the molecule is CC(NCCN1CCCCC1)C(=O)N1CCOCC1. The van der Waals surface area contributed by atoms with Gasteiger partial charge in [-0.3, -0.25) is 4.79 Å². The molecule has 0 saturated carbocycles. The Kier molecular flexibility index (Phi) is 6.07. The van der Waals surface area contributed by atoms with Crippen molar-refractivity contribution >= 4 is 5.91 Å². The van der Waals surface area contributed by atoms with Crippen LogP contribution < -0.4 is 5.32 Å². The maximum atomic E-state index is 12.2. The zero-order valence-corrected chi connectivity index (χ0v) is 12.1. The summed E-state index contributed by atoms with van der Waals surface area (Å²) in [5.74, 6) is 0.210. The molecular weight excluding hydrogens is 242 g/mol. The first kappa shape index (κ1) is 14.8. The minimum atomic E-state index is -0.0807. The van der Waals surface area contributed by atoms with Crippen molar-refractivity contribution in [3.8, 4) is 0 Å². The van der Waals surface area contributed by atoms with Gasteiger partial charge in [0.25, 0.3) is 0 Å². The van der Waals surface area contributed by atoms with Crippen LogP contribution in [0.15, 0.2) is 0 Å². The molecule has 0 bridgehead atoms. The lowest BCUT2D eigenvalue weighted by Gasteiger charge is -2.30. The first-order valence-electron chi connectivity index (χ1n) is 7.59. The monoisotopic (exact) mass is 269 g/mol. The third-order valence-electron chi connectivity index (χ3n) is 4.02. The van der Waals surface area contributed by atoms with Gasteiger partial charge >= 0.3 is 0 Å². The van der Waals surface area contributed by atoms with Crippen molar-refractivity contribution in [3.05, 3.63) is 0 Å². The first-order valence-corrected chi connectivity index (χ1v) is 7.59. The van der Waals surface area contributed by atoms with Gasteiger partial charge in [0.15, 0.2) is 0 Å². The number of hydrogen-bond acceptors (Lipinski definition) is 4. The maximum absolute atomic E-state index is 12.2. The number of nitrogens with zero attached hydrogens (tertiary/aromatic N) is 2. The van der Waals surface area contributed by atoms with Crippen molar-refractivity contribution < 1.29 is 9.53 Å². The number of piperidine rings is 1. The molecule has 2 rings (SSSR count). The lowest BCUT2D eigenvalue weighted by atomic mass is 10.1. The van der Waals surface area contributed by atoms with Crippen LogP contribution >= 0.6 is 0 Å². The summed E-state index contributed by atoms with van der Waals surface area (Å²) in [4.78, 5) is 16.6. The van der Waals surface area contributed by atoms with Gasteiger partial charge in [0.1, 0.15) is 0 Å². The van der Waals surface area contributed by atoms with Crippen molar-refractivity contribution in [2.24, 2.45) is 0 Å². The van der Waals surface area contributed by atoms with Gasteiger partial charge in [0.2, 0.25) is 5.91 Å². The van der Waals surface area contributed by atoms with Gasteiger partial charge in [0.05, 0.1) is 19.3 Å². The number of nitrogens with one attached hydrogen (secondary N) is 1. The zero-order chi connectivity index (χ0) is 13.5. The molecule has 2 saturated heterocycles. The summed E-state index contributed by atoms with van der Waals surface area (Å²) >= 11 is 0. The van der Waals surface area contributed by atoms with Crippen LogP contribution in [0.2, 0.25) is 0 Å². The van der Waals surface area contributed by atoms with Crippen molar-refractivity contribution in [1.82, 2.24) is 15.1 Å². The number of likely N-dealkylation sites (tertiary alicyclic amines) is 1. The van der Waals surface area contributed by atoms with E-state index in [2.05, 4.69) is 10.2 Å². The number of morpholine rings is 1. The van der Waals surface area contributed by atoms with E-state index in [1.807, 2.05) is 11.8 Å². The van der Waals surface area contributed by atoms with Crippen LogP contribution in [-0.2, 0) is 9.53 Å². The number of carbonyl (C=O) groups is 1. The molecule has 110 valence electrons. The second kappa shape index (κ2) is 7.82. The van der Waals surface area contributed by atoms with E-state index in [4.69, 9.17) is 4.74 Å². The van der Waals surface area contributed by atoms with Gasteiger partial charge in [-0.15, -0.1) is 0 Å². The van der Waals surface area contributed by atoms with E-state index in [-0.39, 0.29) is 11.9 Å². The van der Waals surface area contributed by atoms with Gasteiger partial charge in [0, 0.05) is 26.2 Å². The summed E-state index contributed by atoms with van der Waals surface area (Å²) in [5, 5.41) is 3.35. The summed E-state index contributed by atoms with van der Waals surface area (Å²) < 4.78 is 5.27. The predicted molar refractivity (Wildman–Crippen MR) is 75.2 cm³/mol. The molecule has 0 aromatic carbocycles. The molecule has 2 fully saturated rings. The molecule has 2 aliphatic heterocycles. The smallest absolute Gasteiger partial charge is 0.239 e. The van der Waals surface area contributed by atoms with Crippen LogP contribution in [-0.4, -0.2) is 74.2 Å². The van der Waals surface area contributed by atoms with Gasteiger partial charge in [-0.2, -0.15) is 0 Å². The fourth-order valence-electron chi connectivity index (χ4n) is 2.77. The van der Waals surface area contributed by atoms with Crippen LogP contribution in [0.25, 0.3) is 0 Å². The Morgan fingerprint density at radius 1 is 1.16 bits per heavy atom. The van der Waals surface area contributed by atoms with Crippen molar-refractivity contribution in [1.29, 1.82) is 0 Å². The Morgan fingerprint density at radius 3 is 2.53 bits per heavy atom. The lowest BCUT2D eigenvalue weighted by Crippen LogP contribution is -2.50. The second-order valence-corrected chi connectivity index (χ2v) is 5.52. The Balaban J connectivity index is 1.62. The topological polar surface area (TPSA) is 44.8 Å². The van der Waals surface area contributed by atoms with Crippen molar-refractivity contribution in [2.45, 2.75) is 32.2 Å². The summed E-state index contributed by atoms with van der Waals surface area (Å²) in [6, 6.07) is -0.0807. The molecule has 5 heteroatoms. The van der Waals surface area contributed by atoms with E-state index >= 15 is 0 Å². The number of hydrogen-bond donors (Lipinski definition) is 1. The molecule has 1 amide bonds. The Hall–Kier alpha value is -0.650. The summed E-state index contributed by atoms with van der Waals surface area (Å²) in [6.07, 6.45) is 4.01. The highest BCUT2D eigenvalue weighted by molar-refractivity contribution is 5.81. The molecule has 1 unspecified atom stereocenters. The lowest BCUT2D eigenvalue weighted by molar-refractivity contribution is -0.137. The van der Waals surface area contributed by atoms with E-state index in [1.165, 1.54) is 32.4 Å². The number of carbonyl (C=O) groups excluding carboxylic acids is 1. The fraction of sp³-hybridized carbons (Fsp3) is 0.929. The van der Waals surface area contributed by atoms with E-state index in [0.29, 0.717) is 13.2 Å². The van der Waals surface area contributed by atoms with Crippen LogP contribution in [0.1, 0.15) is 26.2 Å². The average Bonchev–Trinajstić information content (AvgIpc) is 2.48. The Bertz CT molecular complexity index is 274. The van der Waals surface area contributed by atoms with E-state index in [9.17, 15) is 4.79 Å². The van der Waals surface area contributed by atoms with E-state index < -0.39 is 0 Å². The van der Waals surface area contributed by atoms with Gasteiger partial charge < -0.3 is 19.9 Å². The molecule has 2 aliphatic rings. The molecule has 1 atom stereocenters. The quantitative estimate of drug-likeness (QED) is 0.780. The summed E-state index contributed by atoms with van der Waals surface area (Å²) in [6.45, 7) is 9.17. The normalized spacial score (nSPS) is 23.3. The third-order valence-corrected chi connectivity index (χ3v) is 4.02. The van der Waals surface area contributed by atoms with E-state index in [1.54, 1.807) is 0 Å². The molecule has 0 aliphatic carbocycles. The number of rotatable bonds is 5. The first-order chi connectivity index (χ1) is 9.27. The number of amides is 1. The van der Waals surface area contributed by atoms with Gasteiger partial charge in [-0.25, -0.2) is 0 Å². The standard InChI is InChI=1S/C14H27N3O2/c1-13(14(18)17-9-11-19-12-10-17)15-5-8-16-6-3-2-4-7-16/h13,15H,2-12H2,1H3.